The molecular weight excluding hydrogens is 583 g/mol. The Morgan fingerprint density at radius 2 is 1.52 bits per heavy atom. The first-order chi connectivity index (χ1) is 22.3. The number of benzene rings is 2. The van der Waals surface area contributed by atoms with Gasteiger partial charge in [-0.05, 0) is 74.2 Å². The number of pyridine rings is 2. The number of aromatic nitrogens is 3. The third-order valence-corrected chi connectivity index (χ3v) is 8.12. The number of carbonyl (C=O) groups is 2. The minimum atomic E-state index is -0.762. The third kappa shape index (κ3) is 6.32. The predicted octanol–water partition coefficient (Wildman–Crippen LogP) is 7.31. The first-order valence-corrected chi connectivity index (χ1v) is 15.4. The molecule has 1 aliphatic rings. The van der Waals surface area contributed by atoms with E-state index < -0.39 is 18.2 Å². The highest BCUT2D eigenvalue weighted by atomic mass is 19.1. The maximum atomic E-state index is 15.2. The Morgan fingerprint density at radius 3 is 2.09 bits per heavy atom. The lowest BCUT2D eigenvalue weighted by Crippen LogP contribution is -2.33. The zero-order valence-corrected chi connectivity index (χ0v) is 25.7. The molecule has 46 heavy (non-hydrogen) atoms. The van der Waals surface area contributed by atoms with E-state index in [1.807, 2.05) is 60.9 Å². The van der Waals surface area contributed by atoms with Crippen LogP contribution in [0.3, 0.4) is 0 Å². The van der Waals surface area contributed by atoms with E-state index in [0.29, 0.717) is 42.2 Å². The first kappa shape index (κ1) is 30.9. The summed E-state index contributed by atoms with van der Waals surface area (Å²) in [5.41, 5.74) is 4.29. The van der Waals surface area contributed by atoms with Crippen LogP contribution in [0.5, 0.6) is 0 Å². The number of halogens is 1. The zero-order valence-electron chi connectivity index (χ0n) is 25.7. The summed E-state index contributed by atoms with van der Waals surface area (Å²) in [5.74, 6) is -0.307. The number of ether oxygens (including phenoxy) is 1. The van der Waals surface area contributed by atoms with Gasteiger partial charge >= 0.3 is 5.97 Å². The van der Waals surface area contributed by atoms with Crippen LogP contribution in [-0.2, 0) is 16.0 Å². The summed E-state index contributed by atoms with van der Waals surface area (Å²) in [6.07, 6.45) is 3.20. The fourth-order valence-electron chi connectivity index (χ4n) is 6.22. The summed E-state index contributed by atoms with van der Waals surface area (Å²) in [5, 5.41) is 10.3. The normalized spacial score (nSPS) is 16.3. The average molecular weight is 619 g/mol. The third-order valence-electron chi connectivity index (χ3n) is 8.12. The summed E-state index contributed by atoms with van der Waals surface area (Å²) in [6.45, 7) is 4.03. The Kier molecular flexibility index (Phi) is 9.03. The van der Waals surface area contributed by atoms with Crippen LogP contribution in [0.15, 0.2) is 103 Å². The van der Waals surface area contributed by atoms with Crippen LogP contribution in [0, 0.1) is 5.82 Å². The van der Waals surface area contributed by atoms with Gasteiger partial charge < -0.3 is 14.4 Å². The Hall–Kier alpha value is -5.15. The van der Waals surface area contributed by atoms with Gasteiger partial charge in [0.05, 0.1) is 12.5 Å². The maximum absolute atomic E-state index is 15.2. The highest BCUT2D eigenvalue weighted by Gasteiger charge is 2.35. The molecule has 8 nitrogen and oxygen atoms in total. The lowest BCUT2D eigenvalue weighted by Gasteiger charge is -2.27. The number of hydrogen-bond donors (Lipinski definition) is 1. The number of nitrogens with zero attached hydrogens (tertiary/aromatic N) is 4. The van der Waals surface area contributed by atoms with Crippen molar-refractivity contribution in [1.29, 1.82) is 0 Å². The number of hydrogen-bond acceptors (Lipinski definition) is 6. The standard InChI is InChI=1S/C37H35FN4O4/c1-24(2)41-30(19-18-29-22-28(43)23-33(44)46-29)34(26-14-16-27(38)17-15-26)35(25-10-4-3-5-11-25)36(41)37(45)42(31-12-6-8-20-39-31)32-13-7-9-21-40-32/h3-17,20-21,24,28-29,43H,18-19,22-23H2,1-2H3/t28-,29-/m1/s1. The van der Waals surface area contributed by atoms with E-state index in [-0.39, 0.29) is 24.2 Å². The average Bonchev–Trinajstić information content (AvgIpc) is 3.41. The summed E-state index contributed by atoms with van der Waals surface area (Å²) < 4.78 is 21.9. The van der Waals surface area contributed by atoms with E-state index in [9.17, 15) is 14.3 Å². The molecule has 0 unspecified atom stereocenters. The second kappa shape index (κ2) is 13.5. The summed E-state index contributed by atoms with van der Waals surface area (Å²) in [6, 6.07) is 26.5. The van der Waals surface area contributed by atoms with E-state index >= 15 is 4.79 Å². The topological polar surface area (TPSA) is 97.5 Å². The fourth-order valence-corrected chi connectivity index (χ4v) is 6.22. The van der Waals surface area contributed by atoms with Crippen molar-refractivity contribution >= 4 is 23.5 Å². The molecule has 234 valence electrons. The van der Waals surface area contributed by atoms with Crippen LogP contribution < -0.4 is 4.90 Å². The molecule has 0 saturated carbocycles. The highest BCUT2D eigenvalue weighted by Crippen LogP contribution is 2.44. The van der Waals surface area contributed by atoms with E-state index in [4.69, 9.17) is 4.74 Å². The van der Waals surface area contributed by atoms with Crippen molar-refractivity contribution in [2.45, 2.75) is 57.8 Å². The Balaban J connectivity index is 1.62. The number of aliphatic hydroxyl groups excluding tert-OH is 1. The quantitative estimate of drug-likeness (QED) is 0.174. The van der Waals surface area contributed by atoms with E-state index in [0.717, 1.165) is 22.4 Å². The van der Waals surface area contributed by atoms with E-state index in [1.165, 1.54) is 17.0 Å². The molecule has 6 rings (SSSR count). The zero-order chi connectivity index (χ0) is 32.2. The van der Waals surface area contributed by atoms with Crippen molar-refractivity contribution in [2.75, 3.05) is 4.90 Å². The Bertz CT molecular complexity index is 1770. The van der Waals surface area contributed by atoms with Crippen molar-refractivity contribution in [3.05, 3.63) is 121 Å². The van der Waals surface area contributed by atoms with Gasteiger partial charge in [0.25, 0.3) is 5.91 Å². The maximum Gasteiger partial charge on any atom is 0.308 e. The SMILES string of the molecule is CC(C)n1c(CC[C@@H]2C[C@@H](O)CC(=O)O2)c(-c2ccc(F)cc2)c(-c2ccccc2)c1C(=O)N(c1ccccn1)c1ccccn1. The van der Waals surface area contributed by atoms with Crippen LogP contribution in [0.4, 0.5) is 16.0 Å². The predicted molar refractivity (Wildman–Crippen MR) is 174 cm³/mol. The van der Waals surface area contributed by atoms with E-state index in [2.05, 4.69) is 9.97 Å². The molecule has 0 aliphatic carbocycles. The molecule has 1 N–H and O–H groups in total. The summed E-state index contributed by atoms with van der Waals surface area (Å²) in [4.78, 5) is 37.9. The van der Waals surface area contributed by atoms with Gasteiger partial charge in [-0.1, -0.05) is 54.6 Å². The molecule has 3 aromatic heterocycles. The lowest BCUT2D eigenvalue weighted by atomic mass is 9.92. The fraction of sp³-hybridized carbons (Fsp3) is 0.243. The first-order valence-electron chi connectivity index (χ1n) is 15.4. The molecule has 0 spiro atoms. The van der Waals surface area contributed by atoms with E-state index in [1.54, 1.807) is 48.8 Å². The van der Waals surface area contributed by atoms with Crippen LogP contribution in [-0.4, -0.2) is 43.7 Å². The number of amides is 1. The van der Waals surface area contributed by atoms with Gasteiger partial charge in [0, 0.05) is 41.7 Å². The number of cyclic esters (lactones) is 1. The second-order valence-electron chi connectivity index (χ2n) is 11.6. The number of anilines is 2. The minimum Gasteiger partial charge on any atom is -0.462 e. The molecule has 4 heterocycles. The second-order valence-corrected chi connectivity index (χ2v) is 11.6. The monoisotopic (exact) mass is 618 g/mol. The lowest BCUT2D eigenvalue weighted by molar-refractivity contribution is -0.160. The van der Waals surface area contributed by atoms with Gasteiger partial charge in [-0.25, -0.2) is 19.3 Å². The van der Waals surface area contributed by atoms with Crippen LogP contribution in [0.1, 0.15) is 55.3 Å². The molecule has 2 atom stereocenters. The number of aliphatic hydroxyl groups is 1. The molecule has 9 heteroatoms. The molecular formula is C37H35FN4O4. The number of carbonyl (C=O) groups excluding carboxylic acids is 2. The minimum absolute atomic E-state index is 0.0205. The highest BCUT2D eigenvalue weighted by molar-refractivity contribution is 6.15. The Labute approximate surface area is 267 Å². The molecule has 1 amide bonds. The van der Waals surface area contributed by atoms with Gasteiger partial charge in [-0.15, -0.1) is 0 Å². The van der Waals surface area contributed by atoms with Crippen LogP contribution in [0.25, 0.3) is 22.3 Å². The molecule has 5 aromatic rings. The molecule has 0 radical (unpaired) electrons. The summed E-state index contributed by atoms with van der Waals surface area (Å²) in [7, 11) is 0. The van der Waals surface area contributed by atoms with Crippen molar-refractivity contribution in [2.24, 2.45) is 0 Å². The van der Waals surface area contributed by atoms with Crippen molar-refractivity contribution in [3.63, 3.8) is 0 Å². The van der Waals surface area contributed by atoms with Gasteiger partial charge in [0.15, 0.2) is 0 Å². The van der Waals surface area contributed by atoms with Crippen molar-refractivity contribution < 1.29 is 23.8 Å². The Morgan fingerprint density at radius 1 is 0.913 bits per heavy atom. The van der Waals surface area contributed by atoms with Crippen molar-refractivity contribution in [1.82, 2.24) is 14.5 Å². The largest absolute Gasteiger partial charge is 0.462 e. The van der Waals surface area contributed by atoms with Crippen LogP contribution in [0.2, 0.25) is 0 Å². The molecule has 1 saturated heterocycles. The summed E-state index contributed by atoms with van der Waals surface area (Å²) >= 11 is 0. The van der Waals surface area contributed by atoms with Crippen molar-refractivity contribution in [3.8, 4) is 22.3 Å². The number of esters is 1. The van der Waals surface area contributed by atoms with Gasteiger partial charge in [0.2, 0.25) is 0 Å². The smallest absolute Gasteiger partial charge is 0.308 e. The van der Waals surface area contributed by atoms with Gasteiger partial charge in [-0.2, -0.15) is 0 Å². The number of rotatable bonds is 9. The van der Waals surface area contributed by atoms with Gasteiger partial charge in [-0.3, -0.25) is 9.59 Å². The molecule has 0 bridgehead atoms. The van der Waals surface area contributed by atoms with Gasteiger partial charge in [0.1, 0.15) is 29.3 Å². The molecule has 1 aliphatic heterocycles. The molecule has 2 aromatic carbocycles. The van der Waals surface area contributed by atoms with Crippen LogP contribution >= 0.6 is 0 Å². The molecule has 1 fully saturated rings.